The lowest BCUT2D eigenvalue weighted by molar-refractivity contribution is -0.136. The second-order valence-electron chi connectivity index (χ2n) is 9.79. The Labute approximate surface area is 216 Å². The number of rotatable bonds is 7. The third-order valence-corrected chi connectivity index (χ3v) is 6.61. The topological polar surface area (TPSA) is 27.7 Å². The fourth-order valence-electron chi connectivity index (χ4n) is 3.95. The summed E-state index contributed by atoms with van der Waals surface area (Å²) >= 11 is 11.4. The Morgan fingerprint density at radius 2 is 1.74 bits per heavy atom. The summed E-state index contributed by atoms with van der Waals surface area (Å²) in [6.07, 6.45) is -3.72. The molecule has 0 radical (unpaired) electrons. The minimum Gasteiger partial charge on any atom is -0.379 e. The van der Waals surface area contributed by atoms with Crippen LogP contribution in [0.15, 0.2) is 42.5 Å². The van der Waals surface area contributed by atoms with Crippen molar-refractivity contribution in [3.63, 3.8) is 0 Å². The number of ether oxygens (including phenoxy) is 1. The molecule has 3 rings (SSSR count). The molecule has 1 N–H and O–H groups in total. The van der Waals surface area contributed by atoms with Crippen LogP contribution in [-0.2, 0) is 22.9 Å². The molecule has 9 heteroatoms. The maximum atomic E-state index is 13.6. The number of nitrogens with one attached hydrogen (secondary N) is 1. The van der Waals surface area contributed by atoms with Crippen LogP contribution in [0.3, 0.4) is 0 Å². The van der Waals surface area contributed by atoms with Gasteiger partial charge in [-0.2, -0.15) is 13.2 Å². The van der Waals surface area contributed by atoms with Gasteiger partial charge >= 0.3 is 6.18 Å². The fourth-order valence-corrected chi connectivity index (χ4v) is 4.39. The van der Waals surface area contributed by atoms with Crippen LogP contribution in [0.4, 0.5) is 18.9 Å². The van der Waals surface area contributed by atoms with Gasteiger partial charge < -0.3 is 15.0 Å². The lowest BCUT2D eigenvalue weighted by atomic mass is 9.87. The molecule has 35 heavy (non-hydrogen) atoms. The van der Waals surface area contributed by atoms with Gasteiger partial charge in [-0.3, -0.25) is 4.90 Å². The van der Waals surface area contributed by atoms with Crippen molar-refractivity contribution in [2.24, 2.45) is 0 Å². The van der Waals surface area contributed by atoms with E-state index >= 15 is 0 Å². The number of benzene rings is 2. The van der Waals surface area contributed by atoms with Gasteiger partial charge in [-0.15, -0.1) is 0 Å². The minimum atomic E-state index is -4.55. The Balaban J connectivity index is 1.75. The molecule has 1 saturated heterocycles. The van der Waals surface area contributed by atoms with E-state index in [9.17, 15) is 13.2 Å². The van der Waals surface area contributed by atoms with Crippen molar-refractivity contribution >= 4 is 34.6 Å². The fraction of sp³-hybridized carbons (Fsp3) is 0.500. The monoisotopic (exact) mass is 527 g/mol. The molecule has 192 valence electrons. The van der Waals surface area contributed by atoms with Gasteiger partial charge in [0.15, 0.2) is 5.11 Å². The highest BCUT2D eigenvalue weighted by atomic mass is 35.5. The number of nitrogens with zero attached hydrogens (tertiary/aromatic N) is 2. The molecule has 1 fully saturated rings. The van der Waals surface area contributed by atoms with E-state index in [1.54, 1.807) is 0 Å². The van der Waals surface area contributed by atoms with Crippen molar-refractivity contribution < 1.29 is 17.9 Å². The predicted octanol–water partition coefficient (Wildman–Crippen LogP) is 6.58. The molecule has 1 aliphatic heterocycles. The van der Waals surface area contributed by atoms with Gasteiger partial charge in [0.25, 0.3) is 0 Å². The smallest absolute Gasteiger partial charge is 0.379 e. The summed E-state index contributed by atoms with van der Waals surface area (Å²) in [5.74, 6) is 0. The first-order valence-electron chi connectivity index (χ1n) is 11.8. The molecule has 1 aliphatic rings. The van der Waals surface area contributed by atoms with Crippen LogP contribution in [0.25, 0.3) is 0 Å². The van der Waals surface area contributed by atoms with E-state index in [1.165, 1.54) is 17.7 Å². The number of hydrogen-bond donors (Lipinski definition) is 1. The molecular formula is C26H33ClF3N3OS. The van der Waals surface area contributed by atoms with Crippen LogP contribution < -0.4 is 5.32 Å². The van der Waals surface area contributed by atoms with Crippen LogP contribution in [0.1, 0.15) is 43.9 Å². The van der Waals surface area contributed by atoms with Crippen molar-refractivity contribution in [2.45, 2.75) is 45.3 Å². The number of hydrogen-bond acceptors (Lipinski definition) is 3. The SMILES string of the molecule is CC(C)(C)c1ccc(CN(CCCN2CCOCC2)C(=S)Nc2ccc(Cl)cc2C(F)(F)F)cc1. The summed E-state index contributed by atoms with van der Waals surface area (Å²) in [7, 11) is 0. The number of alkyl halides is 3. The Morgan fingerprint density at radius 1 is 1.09 bits per heavy atom. The quantitative estimate of drug-likeness (QED) is 0.411. The highest BCUT2D eigenvalue weighted by Crippen LogP contribution is 2.36. The van der Waals surface area contributed by atoms with E-state index in [0.29, 0.717) is 13.1 Å². The molecule has 4 nitrogen and oxygen atoms in total. The van der Waals surface area contributed by atoms with E-state index in [0.717, 1.165) is 50.9 Å². The number of halogens is 4. The third-order valence-electron chi connectivity index (χ3n) is 6.02. The van der Waals surface area contributed by atoms with Crippen molar-refractivity contribution in [2.75, 3.05) is 44.7 Å². The van der Waals surface area contributed by atoms with Gasteiger partial charge in [0.1, 0.15) is 0 Å². The van der Waals surface area contributed by atoms with Crippen LogP contribution in [0.2, 0.25) is 5.02 Å². The van der Waals surface area contributed by atoms with E-state index in [1.807, 2.05) is 4.90 Å². The van der Waals surface area contributed by atoms with Crippen molar-refractivity contribution in [1.29, 1.82) is 0 Å². The van der Waals surface area contributed by atoms with E-state index in [4.69, 9.17) is 28.6 Å². The Morgan fingerprint density at radius 3 is 2.34 bits per heavy atom. The van der Waals surface area contributed by atoms with Crippen molar-refractivity contribution in [3.8, 4) is 0 Å². The summed E-state index contributed by atoms with van der Waals surface area (Å²) in [6.45, 7) is 11.7. The first kappa shape index (κ1) is 27.7. The molecule has 0 bridgehead atoms. The van der Waals surface area contributed by atoms with E-state index in [2.05, 4.69) is 55.3 Å². The second kappa shape index (κ2) is 11.9. The molecule has 0 saturated carbocycles. The first-order chi connectivity index (χ1) is 16.4. The average Bonchev–Trinajstić information content (AvgIpc) is 2.79. The molecule has 0 amide bonds. The maximum absolute atomic E-state index is 13.6. The van der Waals surface area contributed by atoms with Gasteiger partial charge in [0.2, 0.25) is 0 Å². The zero-order valence-corrected chi connectivity index (χ0v) is 22.0. The lowest BCUT2D eigenvalue weighted by Crippen LogP contribution is -2.40. The Bertz CT molecular complexity index is 987. The van der Waals surface area contributed by atoms with Crippen molar-refractivity contribution in [1.82, 2.24) is 9.80 Å². The zero-order valence-electron chi connectivity index (χ0n) is 20.4. The zero-order chi connectivity index (χ0) is 25.6. The molecule has 0 atom stereocenters. The molecule has 0 unspecified atom stereocenters. The first-order valence-corrected chi connectivity index (χ1v) is 12.5. The van der Waals surface area contributed by atoms with Gasteiger partial charge in [0, 0.05) is 37.7 Å². The normalized spacial score (nSPS) is 15.2. The van der Waals surface area contributed by atoms with Gasteiger partial charge in [-0.05, 0) is 53.4 Å². The number of morpholine rings is 1. The van der Waals surface area contributed by atoms with E-state index in [-0.39, 0.29) is 21.2 Å². The molecule has 2 aromatic carbocycles. The minimum absolute atomic E-state index is 0.0232. The van der Waals surface area contributed by atoms with Crippen molar-refractivity contribution in [3.05, 3.63) is 64.2 Å². The second-order valence-corrected chi connectivity index (χ2v) is 10.6. The average molecular weight is 528 g/mol. The van der Waals surface area contributed by atoms with Crippen LogP contribution in [-0.4, -0.2) is 54.3 Å². The van der Waals surface area contributed by atoms with Gasteiger partial charge in [-0.1, -0.05) is 56.6 Å². The molecule has 0 aromatic heterocycles. The van der Waals surface area contributed by atoms with Crippen LogP contribution >= 0.6 is 23.8 Å². The molecule has 0 spiro atoms. The standard InChI is InChI=1S/C26H33ClF3N3OS/c1-25(2,3)20-7-5-19(6-8-20)18-33(12-4-11-32-13-15-34-16-14-32)24(35)31-23-10-9-21(27)17-22(23)26(28,29)30/h5-10,17H,4,11-16,18H2,1-3H3,(H,31,35). The molecule has 2 aromatic rings. The predicted molar refractivity (Wildman–Crippen MR) is 140 cm³/mol. The van der Waals surface area contributed by atoms with Crippen LogP contribution in [0.5, 0.6) is 0 Å². The number of thiocarbonyl (C=S) groups is 1. The number of anilines is 1. The molecule has 1 heterocycles. The summed E-state index contributed by atoms with van der Waals surface area (Å²) in [5.41, 5.74) is 1.36. The summed E-state index contributed by atoms with van der Waals surface area (Å²) in [4.78, 5) is 4.26. The molecular weight excluding hydrogens is 495 g/mol. The summed E-state index contributed by atoms with van der Waals surface area (Å²) < 4.78 is 46.2. The summed E-state index contributed by atoms with van der Waals surface area (Å²) in [5, 5.41) is 3.11. The lowest BCUT2D eigenvalue weighted by Gasteiger charge is -2.30. The van der Waals surface area contributed by atoms with Gasteiger partial charge in [-0.25, -0.2) is 0 Å². The largest absolute Gasteiger partial charge is 0.418 e. The Kier molecular flexibility index (Phi) is 9.43. The summed E-state index contributed by atoms with van der Waals surface area (Å²) in [6, 6.07) is 12.0. The highest BCUT2D eigenvalue weighted by molar-refractivity contribution is 7.80. The maximum Gasteiger partial charge on any atom is 0.418 e. The molecule has 0 aliphatic carbocycles. The van der Waals surface area contributed by atoms with Crippen LogP contribution in [0, 0.1) is 0 Å². The van der Waals surface area contributed by atoms with E-state index < -0.39 is 11.7 Å². The Hall–Kier alpha value is -1.87. The highest BCUT2D eigenvalue weighted by Gasteiger charge is 2.34. The van der Waals surface area contributed by atoms with Gasteiger partial charge in [0.05, 0.1) is 24.5 Å². The third kappa shape index (κ3) is 8.34.